The molecule has 0 aliphatic heterocycles. The predicted octanol–water partition coefficient (Wildman–Crippen LogP) is 3.84. The number of para-hydroxylation sites is 1. The number of thiocarbonyl (C=S) groups is 1. The maximum atomic E-state index is 12.9. The van der Waals surface area contributed by atoms with Gasteiger partial charge in [0.25, 0.3) is 0 Å². The number of aromatic nitrogens is 1. The molecule has 21 heavy (non-hydrogen) atoms. The highest BCUT2D eigenvalue weighted by Gasteiger charge is 2.34. The number of pyridine rings is 1. The van der Waals surface area contributed by atoms with Gasteiger partial charge >= 0.3 is 6.18 Å². The first-order valence-corrected chi connectivity index (χ1v) is 6.31. The van der Waals surface area contributed by atoms with Gasteiger partial charge in [0, 0.05) is 6.20 Å². The Balaban J connectivity index is 2.50. The molecular formula is C14H11F3N2OS. The monoisotopic (exact) mass is 312 g/mol. The van der Waals surface area contributed by atoms with Gasteiger partial charge in [-0.05, 0) is 30.7 Å². The molecule has 0 amide bonds. The van der Waals surface area contributed by atoms with E-state index in [-0.39, 0.29) is 16.6 Å². The van der Waals surface area contributed by atoms with Crippen molar-refractivity contribution in [3.63, 3.8) is 0 Å². The first-order chi connectivity index (χ1) is 9.80. The van der Waals surface area contributed by atoms with Gasteiger partial charge in [0.2, 0.25) is 5.88 Å². The van der Waals surface area contributed by atoms with E-state index >= 15 is 0 Å². The molecule has 1 aromatic heterocycles. The second-order valence-corrected chi connectivity index (χ2v) is 4.71. The third kappa shape index (κ3) is 3.30. The smallest absolute Gasteiger partial charge is 0.419 e. The fourth-order valence-corrected chi connectivity index (χ4v) is 2.05. The van der Waals surface area contributed by atoms with Crippen molar-refractivity contribution in [3.8, 4) is 11.6 Å². The Kier molecular flexibility index (Phi) is 4.13. The van der Waals surface area contributed by atoms with Crippen LogP contribution in [0.5, 0.6) is 11.6 Å². The molecule has 110 valence electrons. The molecule has 2 rings (SSSR count). The van der Waals surface area contributed by atoms with Crippen LogP contribution in [0.1, 0.15) is 16.7 Å². The highest BCUT2D eigenvalue weighted by atomic mass is 32.1. The van der Waals surface area contributed by atoms with E-state index in [9.17, 15) is 13.2 Å². The van der Waals surface area contributed by atoms with Crippen LogP contribution in [0.25, 0.3) is 0 Å². The van der Waals surface area contributed by atoms with E-state index < -0.39 is 11.7 Å². The van der Waals surface area contributed by atoms with Crippen LogP contribution in [0.3, 0.4) is 0 Å². The summed E-state index contributed by atoms with van der Waals surface area (Å²) in [5, 5.41) is 0. The van der Waals surface area contributed by atoms with Crippen molar-refractivity contribution in [3.05, 3.63) is 53.2 Å². The molecule has 1 heterocycles. The van der Waals surface area contributed by atoms with Gasteiger partial charge < -0.3 is 10.5 Å². The Hall–Kier alpha value is -2.15. The lowest BCUT2D eigenvalue weighted by Crippen LogP contribution is -2.14. The van der Waals surface area contributed by atoms with Gasteiger partial charge in [0.05, 0.1) is 11.1 Å². The lowest BCUT2D eigenvalue weighted by Gasteiger charge is -2.15. The number of hydrogen-bond donors (Lipinski definition) is 1. The second kappa shape index (κ2) is 5.69. The van der Waals surface area contributed by atoms with E-state index in [1.54, 1.807) is 13.0 Å². The van der Waals surface area contributed by atoms with Crippen molar-refractivity contribution in [1.29, 1.82) is 0 Å². The van der Waals surface area contributed by atoms with Gasteiger partial charge in [0.15, 0.2) is 0 Å². The van der Waals surface area contributed by atoms with E-state index in [1.807, 2.05) is 0 Å². The SMILES string of the molecule is Cc1ccnc(Oc2ccccc2C(F)(F)F)c1C(N)=S. The van der Waals surface area contributed by atoms with Gasteiger partial charge in [-0.3, -0.25) is 0 Å². The number of halogens is 3. The molecule has 3 nitrogen and oxygen atoms in total. The Morgan fingerprint density at radius 1 is 1.24 bits per heavy atom. The molecule has 0 spiro atoms. The fourth-order valence-electron chi connectivity index (χ4n) is 1.80. The normalized spacial score (nSPS) is 11.2. The Morgan fingerprint density at radius 3 is 2.52 bits per heavy atom. The van der Waals surface area contributed by atoms with Crippen LogP contribution < -0.4 is 10.5 Å². The van der Waals surface area contributed by atoms with Gasteiger partial charge in [-0.25, -0.2) is 4.98 Å². The molecule has 0 fully saturated rings. The zero-order valence-corrected chi connectivity index (χ0v) is 11.8. The molecule has 0 aliphatic rings. The quantitative estimate of drug-likeness (QED) is 0.875. The number of nitrogens with two attached hydrogens (primary N) is 1. The average Bonchev–Trinajstić information content (AvgIpc) is 2.37. The van der Waals surface area contributed by atoms with Crippen molar-refractivity contribution >= 4 is 17.2 Å². The Labute approximate surface area is 124 Å². The fraction of sp³-hybridized carbons (Fsp3) is 0.143. The molecule has 2 N–H and O–H groups in total. The van der Waals surface area contributed by atoms with Gasteiger partial charge in [-0.1, -0.05) is 24.4 Å². The summed E-state index contributed by atoms with van der Waals surface area (Å²) in [7, 11) is 0. The van der Waals surface area contributed by atoms with Crippen LogP contribution in [-0.4, -0.2) is 9.97 Å². The number of nitrogens with zero attached hydrogens (tertiary/aromatic N) is 1. The molecule has 0 atom stereocenters. The first-order valence-electron chi connectivity index (χ1n) is 5.90. The molecule has 7 heteroatoms. The minimum Gasteiger partial charge on any atom is -0.438 e. The maximum Gasteiger partial charge on any atom is 0.419 e. The minimum absolute atomic E-state index is 0.0140. The highest BCUT2D eigenvalue weighted by Crippen LogP contribution is 2.38. The summed E-state index contributed by atoms with van der Waals surface area (Å²) < 4.78 is 44.1. The molecule has 1 aromatic carbocycles. The number of aryl methyl sites for hydroxylation is 1. The van der Waals surface area contributed by atoms with Crippen molar-refractivity contribution in [1.82, 2.24) is 4.98 Å². The van der Waals surface area contributed by atoms with E-state index in [0.717, 1.165) is 6.07 Å². The zero-order chi connectivity index (χ0) is 15.6. The van der Waals surface area contributed by atoms with Crippen LogP contribution >= 0.6 is 12.2 Å². The zero-order valence-electron chi connectivity index (χ0n) is 10.9. The third-order valence-electron chi connectivity index (χ3n) is 2.77. The van der Waals surface area contributed by atoms with E-state index in [0.29, 0.717) is 11.1 Å². The van der Waals surface area contributed by atoms with Crippen molar-refractivity contribution in [2.45, 2.75) is 13.1 Å². The topological polar surface area (TPSA) is 48.1 Å². The second-order valence-electron chi connectivity index (χ2n) is 4.27. The lowest BCUT2D eigenvalue weighted by molar-refractivity contribution is -0.138. The Morgan fingerprint density at radius 2 is 1.90 bits per heavy atom. The third-order valence-corrected chi connectivity index (χ3v) is 2.97. The van der Waals surface area contributed by atoms with Gasteiger partial charge in [0.1, 0.15) is 10.7 Å². The van der Waals surface area contributed by atoms with Crippen molar-refractivity contribution in [2.75, 3.05) is 0 Å². The van der Waals surface area contributed by atoms with E-state index in [4.69, 9.17) is 22.7 Å². The molecule has 2 aromatic rings. The molecular weight excluding hydrogens is 301 g/mol. The van der Waals surface area contributed by atoms with Gasteiger partial charge in [-0.2, -0.15) is 13.2 Å². The van der Waals surface area contributed by atoms with Crippen LogP contribution in [-0.2, 0) is 6.18 Å². The summed E-state index contributed by atoms with van der Waals surface area (Å²) in [5.74, 6) is -0.389. The standard InChI is InChI=1S/C14H11F3N2OS/c1-8-6-7-19-13(11(8)12(18)21)20-10-5-3-2-4-9(10)14(15,16)17/h2-7H,1H3,(H2,18,21). The van der Waals surface area contributed by atoms with Crippen LogP contribution in [0.4, 0.5) is 13.2 Å². The summed E-state index contributed by atoms with van der Waals surface area (Å²) >= 11 is 4.90. The van der Waals surface area contributed by atoms with Gasteiger partial charge in [-0.15, -0.1) is 0 Å². The molecule has 0 saturated carbocycles. The van der Waals surface area contributed by atoms with E-state index in [1.165, 1.54) is 24.4 Å². The predicted molar refractivity (Wildman–Crippen MR) is 76.4 cm³/mol. The molecule has 0 unspecified atom stereocenters. The average molecular weight is 312 g/mol. The molecule has 0 saturated heterocycles. The van der Waals surface area contributed by atoms with Crippen LogP contribution in [0.2, 0.25) is 0 Å². The van der Waals surface area contributed by atoms with Crippen LogP contribution in [0, 0.1) is 6.92 Å². The minimum atomic E-state index is -4.52. The summed E-state index contributed by atoms with van der Waals surface area (Å²) in [6, 6.07) is 6.54. The summed E-state index contributed by atoms with van der Waals surface area (Å²) in [6.45, 7) is 1.72. The maximum absolute atomic E-state index is 12.9. The molecule has 0 radical (unpaired) electrons. The summed E-state index contributed by atoms with van der Waals surface area (Å²) in [4.78, 5) is 3.94. The number of rotatable bonds is 3. The number of alkyl halides is 3. The van der Waals surface area contributed by atoms with Crippen molar-refractivity contribution < 1.29 is 17.9 Å². The van der Waals surface area contributed by atoms with Crippen LogP contribution in [0.15, 0.2) is 36.5 Å². The van der Waals surface area contributed by atoms with Crippen molar-refractivity contribution in [2.24, 2.45) is 5.73 Å². The number of benzene rings is 1. The number of hydrogen-bond acceptors (Lipinski definition) is 3. The summed E-state index contributed by atoms with van der Waals surface area (Å²) in [5.41, 5.74) is 5.70. The largest absolute Gasteiger partial charge is 0.438 e. The summed E-state index contributed by atoms with van der Waals surface area (Å²) in [6.07, 6.45) is -3.10. The lowest BCUT2D eigenvalue weighted by atomic mass is 10.1. The van der Waals surface area contributed by atoms with E-state index in [2.05, 4.69) is 4.98 Å². The Bertz CT molecular complexity index is 686. The highest BCUT2D eigenvalue weighted by molar-refractivity contribution is 7.80. The number of ether oxygens (including phenoxy) is 1. The molecule has 0 bridgehead atoms. The molecule has 0 aliphatic carbocycles. The first kappa shape index (κ1) is 15.2.